The van der Waals surface area contributed by atoms with E-state index in [4.69, 9.17) is 0 Å². The van der Waals surface area contributed by atoms with Crippen molar-refractivity contribution in [3.05, 3.63) is 47.8 Å². The topological polar surface area (TPSA) is 95.5 Å². The van der Waals surface area contributed by atoms with E-state index in [1.807, 2.05) is 12.2 Å². The number of amides is 2. The predicted octanol–water partition coefficient (Wildman–Crippen LogP) is 4.02. The normalized spacial score (nSPS) is 45.3. The largest absolute Gasteiger partial charge is 0.507 e. The molecule has 2 saturated carbocycles. The molecule has 6 heteroatoms. The Labute approximate surface area is 208 Å². The quantitative estimate of drug-likeness (QED) is 0.392. The van der Waals surface area contributed by atoms with Crippen molar-refractivity contribution < 1.29 is 19.5 Å². The lowest BCUT2D eigenvalue weighted by Crippen LogP contribution is -2.31. The average Bonchev–Trinajstić information content (AvgIpc) is 3.44. The SMILES string of the molecule is CC[C@H]1[C@@H]2C=C[C@@H]3[C@H]4C/C=C\C(=O)NCCC[C@@H]5NC(=O)/C(=C(O)/C=C\[C@@H]4C[C@@H]3[C@H]2C[C@H]1C)C5=O. The molecule has 5 aliphatic rings. The Morgan fingerprint density at radius 2 is 1.77 bits per heavy atom. The highest BCUT2D eigenvalue weighted by molar-refractivity contribution is 6.27. The second-order valence-corrected chi connectivity index (χ2v) is 11.3. The minimum absolute atomic E-state index is 0.117. The summed E-state index contributed by atoms with van der Waals surface area (Å²) in [4.78, 5) is 37.6. The monoisotopic (exact) mass is 478 g/mol. The predicted molar refractivity (Wildman–Crippen MR) is 134 cm³/mol. The Morgan fingerprint density at radius 3 is 2.57 bits per heavy atom. The van der Waals surface area contributed by atoms with Crippen molar-refractivity contribution in [1.82, 2.24) is 10.6 Å². The minimum atomic E-state index is -0.645. The maximum atomic E-state index is 12.8. The van der Waals surface area contributed by atoms with Gasteiger partial charge in [0.1, 0.15) is 11.3 Å². The van der Waals surface area contributed by atoms with Crippen LogP contribution in [0.2, 0.25) is 0 Å². The zero-order valence-corrected chi connectivity index (χ0v) is 20.8. The summed E-state index contributed by atoms with van der Waals surface area (Å²) in [6.45, 7) is 5.14. The van der Waals surface area contributed by atoms with Gasteiger partial charge in [0.05, 0.1) is 6.04 Å². The summed E-state index contributed by atoms with van der Waals surface area (Å²) in [6.07, 6.45) is 17.4. The molecule has 3 aliphatic carbocycles. The lowest BCUT2D eigenvalue weighted by Gasteiger charge is -2.35. The molecule has 35 heavy (non-hydrogen) atoms. The summed E-state index contributed by atoms with van der Waals surface area (Å²) in [5, 5.41) is 16.3. The second kappa shape index (κ2) is 9.79. The van der Waals surface area contributed by atoms with Crippen LogP contribution in [-0.2, 0) is 14.4 Å². The number of nitrogens with one attached hydrogen (secondary N) is 2. The number of fused-ring (bicyclic) bond motifs is 7. The first kappa shape index (κ1) is 24.1. The van der Waals surface area contributed by atoms with Crippen LogP contribution in [0.1, 0.15) is 52.4 Å². The number of allylic oxidation sites excluding steroid dienone is 5. The molecule has 1 saturated heterocycles. The van der Waals surface area contributed by atoms with E-state index in [1.54, 1.807) is 12.2 Å². The van der Waals surface area contributed by atoms with Crippen LogP contribution < -0.4 is 10.6 Å². The maximum Gasteiger partial charge on any atom is 0.259 e. The van der Waals surface area contributed by atoms with Crippen molar-refractivity contribution in [3.63, 3.8) is 0 Å². The summed E-state index contributed by atoms with van der Waals surface area (Å²) >= 11 is 0. The summed E-state index contributed by atoms with van der Waals surface area (Å²) < 4.78 is 0. The molecule has 5 rings (SSSR count). The zero-order chi connectivity index (χ0) is 24.7. The van der Waals surface area contributed by atoms with E-state index in [0.29, 0.717) is 49.0 Å². The molecule has 3 fully saturated rings. The van der Waals surface area contributed by atoms with Gasteiger partial charge in [-0.15, -0.1) is 0 Å². The van der Waals surface area contributed by atoms with Gasteiger partial charge in [-0.25, -0.2) is 0 Å². The molecule has 2 aliphatic heterocycles. The number of carbonyl (C=O) groups is 3. The number of hydrogen-bond acceptors (Lipinski definition) is 4. The average molecular weight is 479 g/mol. The molecule has 0 unspecified atom stereocenters. The van der Waals surface area contributed by atoms with Gasteiger partial charge in [-0.1, -0.05) is 44.6 Å². The molecule has 0 aromatic carbocycles. The third kappa shape index (κ3) is 4.41. The van der Waals surface area contributed by atoms with Crippen molar-refractivity contribution in [2.45, 2.75) is 58.4 Å². The number of aliphatic hydroxyl groups excluding tert-OH is 1. The fourth-order valence-corrected chi connectivity index (χ4v) is 7.92. The zero-order valence-electron chi connectivity index (χ0n) is 20.8. The Bertz CT molecular complexity index is 1010. The number of hydrogen-bond donors (Lipinski definition) is 3. The van der Waals surface area contributed by atoms with Crippen molar-refractivity contribution in [2.75, 3.05) is 6.54 Å². The maximum absolute atomic E-state index is 12.8. The lowest BCUT2D eigenvalue weighted by atomic mass is 9.69. The lowest BCUT2D eigenvalue weighted by molar-refractivity contribution is -0.118. The fourth-order valence-electron chi connectivity index (χ4n) is 7.92. The van der Waals surface area contributed by atoms with E-state index in [9.17, 15) is 19.5 Å². The van der Waals surface area contributed by atoms with Gasteiger partial charge in [0, 0.05) is 6.54 Å². The molecule has 6 nitrogen and oxygen atoms in total. The van der Waals surface area contributed by atoms with Crippen LogP contribution in [0.4, 0.5) is 0 Å². The Hall–Kier alpha value is -2.63. The van der Waals surface area contributed by atoms with Gasteiger partial charge >= 0.3 is 0 Å². The van der Waals surface area contributed by atoms with Crippen molar-refractivity contribution in [1.29, 1.82) is 0 Å². The van der Waals surface area contributed by atoms with E-state index >= 15 is 0 Å². The van der Waals surface area contributed by atoms with Crippen LogP contribution in [0.5, 0.6) is 0 Å². The van der Waals surface area contributed by atoms with E-state index in [1.165, 1.54) is 12.8 Å². The third-order valence-electron chi connectivity index (χ3n) is 9.52. The Kier molecular flexibility index (Phi) is 6.73. The fraction of sp³-hybridized carbons (Fsp3) is 0.621. The minimum Gasteiger partial charge on any atom is -0.507 e. The first-order valence-electron chi connectivity index (χ1n) is 13.5. The molecule has 2 amide bonds. The first-order valence-corrected chi connectivity index (χ1v) is 13.5. The molecule has 0 aromatic rings. The van der Waals surface area contributed by atoms with Crippen molar-refractivity contribution in [2.24, 2.45) is 47.3 Å². The van der Waals surface area contributed by atoms with Crippen molar-refractivity contribution in [3.8, 4) is 0 Å². The number of rotatable bonds is 1. The molecule has 0 radical (unpaired) electrons. The smallest absolute Gasteiger partial charge is 0.259 e. The number of ketones is 1. The van der Waals surface area contributed by atoms with Crippen LogP contribution in [0, 0.1) is 47.3 Å². The number of aliphatic hydroxyl groups is 1. The molecular weight excluding hydrogens is 440 g/mol. The summed E-state index contributed by atoms with van der Waals surface area (Å²) in [5.74, 6) is 3.16. The molecule has 0 aromatic heterocycles. The number of carbonyl (C=O) groups excluding carboxylic acids is 3. The van der Waals surface area contributed by atoms with E-state index in [2.05, 4.69) is 36.6 Å². The standard InChI is InChI=1S/C29H38N2O4/c1-3-18-16(2)14-22-20(18)10-11-21-19-6-4-8-26(33)30-13-5-7-24-28(34)27(29(35)31-24)25(32)12-9-17(19)15-23(21)22/h4,8-12,16-24,32H,3,5-7,13-15H2,1-2H3,(H,30,33)(H,31,35)/b8-4-,12-9-,27-25-/t16-,17-,18-,19+,20+,21-,22+,23+,24+/m1/s1. The van der Waals surface area contributed by atoms with Crippen LogP contribution in [0.25, 0.3) is 0 Å². The van der Waals surface area contributed by atoms with E-state index in [0.717, 1.165) is 24.7 Å². The highest BCUT2D eigenvalue weighted by Gasteiger charge is 2.52. The highest BCUT2D eigenvalue weighted by Crippen LogP contribution is 2.59. The molecule has 2 heterocycles. The molecule has 188 valence electrons. The van der Waals surface area contributed by atoms with Crippen LogP contribution in [0.3, 0.4) is 0 Å². The van der Waals surface area contributed by atoms with Crippen LogP contribution in [0.15, 0.2) is 47.8 Å². The first-order chi connectivity index (χ1) is 16.9. The van der Waals surface area contributed by atoms with Gasteiger partial charge in [0.25, 0.3) is 5.91 Å². The summed E-state index contributed by atoms with van der Waals surface area (Å²) in [5.41, 5.74) is -0.135. The van der Waals surface area contributed by atoms with Gasteiger partial charge in [-0.05, 0) is 91.6 Å². The van der Waals surface area contributed by atoms with Crippen LogP contribution >= 0.6 is 0 Å². The second-order valence-electron chi connectivity index (χ2n) is 11.3. The summed E-state index contributed by atoms with van der Waals surface area (Å²) in [7, 11) is 0. The van der Waals surface area contributed by atoms with Gasteiger partial charge in [-0.3, -0.25) is 14.4 Å². The third-order valence-corrected chi connectivity index (χ3v) is 9.52. The van der Waals surface area contributed by atoms with Crippen LogP contribution in [-0.4, -0.2) is 35.3 Å². The van der Waals surface area contributed by atoms with E-state index < -0.39 is 11.9 Å². The molecular formula is C29H38N2O4. The van der Waals surface area contributed by atoms with Crippen molar-refractivity contribution >= 4 is 17.6 Å². The van der Waals surface area contributed by atoms with Gasteiger partial charge in [-0.2, -0.15) is 0 Å². The molecule has 0 spiro atoms. The summed E-state index contributed by atoms with van der Waals surface area (Å²) in [6, 6.07) is -0.645. The van der Waals surface area contributed by atoms with E-state index in [-0.39, 0.29) is 28.9 Å². The Balaban J connectivity index is 1.46. The van der Waals surface area contributed by atoms with Gasteiger partial charge in [0.2, 0.25) is 5.91 Å². The van der Waals surface area contributed by atoms with Gasteiger partial charge in [0.15, 0.2) is 5.78 Å². The Morgan fingerprint density at radius 1 is 1.00 bits per heavy atom. The highest BCUT2D eigenvalue weighted by atomic mass is 16.3. The molecule has 3 N–H and O–H groups in total. The molecule has 2 bridgehead atoms. The molecule has 9 atom stereocenters. The number of Topliss-reactive ketones (excluding diaryl/α,β-unsaturated/α-hetero) is 1. The van der Waals surface area contributed by atoms with Gasteiger partial charge < -0.3 is 15.7 Å².